The Labute approximate surface area is 92.8 Å². The van der Waals surface area contributed by atoms with Gasteiger partial charge in [0.15, 0.2) is 11.5 Å². The highest BCUT2D eigenvalue weighted by Crippen LogP contribution is 2.03. The van der Waals surface area contributed by atoms with Gasteiger partial charge in [0.2, 0.25) is 0 Å². The van der Waals surface area contributed by atoms with Crippen molar-refractivity contribution in [3.8, 4) is 0 Å². The number of carbonyl (C=O) groups excluding carboxylic acids is 1. The van der Waals surface area contributed by atoms with Gasteiger partial charge < -0.3 is 5.32 Å². The van der Waals surface area contributed by atoms with E-state index in [0.29, 0.717) is 5.82 Å². The summed E-state index contributed by atoms with van der Waals surface area (Å²) in [7, 11) is 1.56. The van der Waals surface area contributed by atoms with Gasteiger partial charge in [-0.25, -0.2) is 4.98 Å². The molecule has 0 spiro atoms. The van der Waals surface area contributed by atoms with Crippen LogP contribution in [-0.2, 0) is 4.79 Å². The Morgan fingerprint density at radius 3 is 2.60 bits per heavy atom. The number of rotatable bonds is 3. The van der Waals surface area contributed by atoms with Crippen LogP contribution in [0, 0.1) is 6.92 Å². The first-order chi connectivity index (χ1) is 7.04. The number of aliphatic imine (C=N–C) groups is 1. The standard InChI is InChI=1S/C9H14N4OS/c1-5(2)11-9(14)7(10-4)8-12-6(3)15-13-8/h5H,1-4H3,(H,11,14). The molecule has 5 nitrogen and oxygen atoms in total. The van der Waals surface area contributed by atoms with E-state index in [1.165, 1.54) is 11.5 Å². The monoisotopic (exact) mass is 226 g/mol. The minimum absolute atomic E-state index is 0.0778. The minimum atomic E-state index is -0.231. The van der Waals surface area contributed by atoms with Crippen LogP contribution in [0.1, 0.15) is 24.7 Å². The van der Waals surface area contributed by atoms with E-state index in [0.717, 1.165) is 5.01 Å². The maximum absolute atomic E-state index is 11.7. The molecule has 0 bridgehead atoms. The molecule has 15 heavy (non-hydrogen) atoms. The predicted molar refractivity (Wildman–Crippen MR) is 60.4 cm³/mol. The number of hydrogen-bond donors (Lipinski definition) is 1. The maximum Gasteiger partial charge on any atom is 0.273 e. The van der Waals surface area contributed by atoms with E-state index in [1.54, 1.807) is 7.05 Å². The third-order valence-electron chi connectivity index (χ3n) is 1.60. The Bertz CT molecular complexity index is 383. The van der Waals surface area contributed by atoms with Crippen molar-refractivity contribution in [3.63, 3.8) is 0 Å². The summed E-state index contributed by atoms with van der Waals surface area (Å²) in [6, 6.07) is 0.0778. The summed E-state index contributed by atoms with van der Waals surface area (Å²) in [5.41, 5.74) is 0.285. The SMILES string of the molecule is CN=C(C(=O)NC(C)C)c1nsc(C)n1. The highest BCUT2D eigenvalue weighted by molar-refractivity contribution is 7.05. The molecule has 0 saturated heterocycles. The molecule has 0 aliphatic heterocycles. The van der Waals surface area contributed by atoms with Crippen molar-refractivity contribution in [1.29, 1.82) is 0 Å². The van der Waals surface area contributed by atoms with Gasteiger partial charge in [-0.2, -0.15) is 4.37 Å². The van der Waals surface area contributed by atoms with Crippen LogP contribution in [0.3, 0.4) is 0 Å². The highest BCUT2D eigenvalue weighted by atomic mass is 32.1. The largest absolute Gasteiger partial charge is 0.348 e. The second kappa shape index (κ2) is 4.97. The summed E-state index contributed by atoms with van der Waals surface area (Å²) in [6.07, 6.45) is 0. The summed E-state index contributed by atoms with van der Waals surface area (Å²) in [5.74, 6) is 0.170. The zero-order valence-corrected chi connectivity index (χ0v) is 10.1. The van der Waals surface area contributed by atoms with Crippen LogP contribution >= 0.6 is 11.5 Å². The van der Waals surface area contributed by atoms with Gasteiger partial charge >= 0.3 is 0 Å². The Morgan fingerprint density at radius 1 is 1.53 bits per heavy atom. The van der Waals surface area contributed by atoms with Crippen molar-refractivity contribution in [1.82, 2.24) is 14.7 Å². The maximum atomic E-state index is 11.7. The average Bonchev–Trinajstić information content (AvgIpc) is 2.51. The summed E-state index contributed by atoms with van der Waals surface area (Å²) in [5, 5.41) is 3.58. The van der Waals surface area contributed by atoms with Gasteiger partial charge in [-0.1, -0.05) is 0 Å². The second-order valence-electron chi connectivity index (χ2n) is 3.34. The number of hydrogen-bond acceptors (Lipinski definition) is 5. The quantitative estimate of drug-likeness (QED) is 0.775. The number of aryl methyl sites for hydroxylation is 1. The molecule has 1 aromatic rings. The van der Waals surface area contributed by atoms with E-state index in [1.807, 2.05) is 20.8 Å². The Morgan fingerprint density at radius 2 is 2.20 bits per heavy atom. The first kappa shape index (κ1) is 11.8. The van der Waals surface area contributed by atoms with E-state index >= 15 is 0 Å². The number of carbonyl (C=O) groups is 1. The van der Waals surface area contributed by atoms with Crippen LogP contribution in [0.25, 0.3) is 0 Å². The van der Waals surface area contributed by atoms with Gasteiger partial charge in [0.1, 0.15) is 5.01 Å². The molecule has 0 unspecified atom stereocenters. The molecule has 1 heterocycles. The van der Waals surface area contributed by atoms with E-state index in [4.69, 9.17) is 0 Å². The molecule has 0 aliphatic carbocycles. The van der Waals surface area contributed by atoms with Gasteiger partial charge in [-0.15, -0.1) is 0 Å². The van der Waals surface area contributed by atoms with Crippen molar-refractivity contribution in [2.75, 3.05) is 7.05 Å². The van der Waals surface area contributed by atoms with E-state index in [9.17, 15) is 4.79 Å². The molecular weight excluding hydrogens is 212 g/mol. The smallest absolute Gasteiger partial charge is 0.273 e. The summed E-state index contributed by atoms with van der Waals surface area (Å²) >= 11 is 1.26. The van der Waals surface area contributed by atoms with Gasteiger partial charge in [0, 0.05) is 13.1 Å². The number of nitrogens with zero attached hydrogens (tertiary/aromatic N) is 3. The van der Waals surface area contributed by atoms with Gasteiger partial charge in [-0.3, -0.25) is 9.79 Å². The molecule has 0 radical (unpaired) electrons. The fourth-order valence-corrected chi connectivity index (χ4v) is 1.50. The lowest BCUT2D eigenvalue weighted by Crippen LogP contribution is -2.36. The molecule has 0 aromatic carbocycles. The topological polar surface area (TPSA) is 67.2 Å². The van der Waals surface area contributed by atoms with Gasteiger partial charge in [0.05, 0.1) is 0 Å². The minimum Gasteiger partial charge on any atom is -0.348 e. The Hall–Kier alpha value is -1.30. The second-order valence-corrected chi connectivity index (χ2v) is 4.29. The van der Waals surface area contributed by atoms with Crippen LogP contribution in [0.2, 0.25) is 0 Å². The Balaban J connectivity index is 2.86. The van der Waals surface area contributed by atoms with Crippen LogP contribution in [0.5, 0.6) is 0 Å². The summed E-state index contributed by atoms with van der Waals surface area (Å²) in [4.78, 5) is 19.7. The van der Waals surface area contributed by atoms with Crippen molar-refractivity contribution < 1.29 is 4.79 Å². The average molecular weight is 226 g/mol. The predicted octanol–water partition coefficient (Wildman–Crippen LogP) is 0.790. The third-order valence-corrected chi connectivity index (χ3v) is 2.22. The highest BCUT2D eigenvalue weighted by Gasteiger charge is 2.17. The lowest BCUT2D eigenvalue weighted by molar-refractivity contribution is -0.115. The zero-order valence-electron chi connectivity index (χ0n) is 9.24. The molecule has 1 N–H and O–H groups in total. The van der Waals surface area contributed by atoms with Crippen LogP contribution in [0.15, 0.2) is 4.99 Å². The van der Waals surface area contributed by atoms with Gasteiger partial charge in [-0.05, 0) is 32.3 Å². The number of amides is 1. The lowest BCUT2D eigenvalue weighted by atomic mass is 10.3. The molecule has 0 atom stereocenters. The van der Waals surface area contributed by atoms with E-state index in [2.05, 4.69) is 19.7 Å². The fourth-order valence-electron chi connectivity index (χ4n) is 1.03. The summed E-state index contributed by atoms with van der Waals surface area (Å²) in [6.45, 7) is 5.63. The van der Waals surface area contributed by atoms with Crippen molar-refractivity contribution >= 4 is 23.2 Å². The van der Waals surface area contributed by atoms with Crippen LogP contribution < -0.4 is 5.32 Å². The van der Waals surface area contributed by atoms with Gasteiger partial charge in [0.25, 0.3) is 5.91 Å². The molecule has 0 fully saturated rings. The Kier molecular flexibility index (Phi) is 3.90. The fraction of sp³-hybridized carbons (Fsp3) is 0.556. The van der Waals surface area contributed by atoms with Crippen LogP contribution in [0.4, 0.5) is 0 Å². The van der Waals surface area contributed by atoms with Crippen molar-refractivity contribution in [2.45, 2.75) is 26.8 Å². The molecule has 1 rings (SSSR count). The van der Waals surface area contributed by atoms with Crippen LogP contribution in [-0.4, -0.2) is 34.1 Å². The molecular formula is C9H14N4OS. The zero-order chi connectivity index (χ0) is 11.4. The number of nitrogens with one attached hydrogen (secondary N) is 1. The van der Waals surface area contributed by atoms with Crippen molar-refractivity contribution in [3.05, 3.63) is 10.8 Å². The molecule has 82 valence electrons. The first-order valence-electron chi connectivity index (χ1n) is 4.63. The third kappa shape index (κ3) is 3.09. The molecule has 6 heteroatoms. The number of aromatic nitrogens is 2. The van der Waals surface area contributed by atoms with E-state index < -0.39 is 0 Å². The first-order valence-corrected chi connectivity index (χ1v) is 5.40. The van der Waals surface area contributed by atoms with E-state index in [-0.39, 0.29) is 17.7 Å². The lowest BCUT2D eigenvalue weighted by Gasteiger charge is -2.07. The molecule has 1 aromatic heterocycles. The van der Waals surface area contributed by atoms with Crippen molar-refractivity contribution in [2.24, 2.45) is 4.99 Å². The molecule has 0 saturated carbocycles. The normalized spacial score (nSPS) is 11.9. The molecule has 1 amide bonds. The summed E-state index contributed by atoms with van der Waals surface area (Å²) < 4.78 is 4.05. The molecule has 0 aliphatic rings.